The standard InChI is InChI=1S/C19H25N9O2/c1-11-14(12(2)30-25-11)10-27-7-3-5-13(27)9-19(15-6-4-8-29-15)24-18-23-16(20)22-17(21)28(18)26-19/h4,6,8,13,26H,3,5,7,9-10H2,1-2H3,(H4,20,21,22,23,24). The van der Waals surface area contributed by atoms with Gasteiger partial charge in [0, 0.05) is 24.6 Å². The summed E-state index contributed by atoms with van der Waals surface area (Å²) in [5, 5.41) is 15.7. The van der Waals surface area contributed by atoms with Crippen LogP contribution in [0.4, 0.5) is 11.9 Å². The maximum Gasteiger partial charge on any atom is 0.247 e. The highest BCUT2D eigenvalue weighted by Gasteiger charge is 2.45. The van der Waals surface area contributed by atoms with E-state index in [1.807, 2.05) is 26.0 Å². The van der Waals surface area contributed by atoms with Crippen molar-refractivity contribution in [1.82, 2.24) is 24.7 Å². The molecule has 0 bridgehead atoms. The second kappa shape index (κ2) is 6.87. The van der Waals surface area contributed by atoms with Gasteiger partial charge in [0.2, 0.25) is 17.5 Å². The number of nitrogens with zero attached hydrogens (tertiary/aromatic N) is 5. The van der Waals surface area contributed by atoms with E-state index in [2.05, 4.69) is 30.8 Å². The number of anilines is 2. The van der Waals surface area contributed by atoms with Crippen molar-refractivity contribution in [2.75, 3.05) is 23.0 Å². The van der Waals surface area contributed by atoms with Gasteiger partial charge in [0.05, 0.1) is 12.0 Å². The average molecular weight is 411 g/mol. The molecule has 2 unspecified atom stereocenters. The predicted molar refractivity (Wildman–Crippen MR) is 108 cm³/mol. The number of hydrogen-bond acceptors (Lipinski definition) is 10. The van der Waals surface area contributed by atoms with Crippen molar-refractivity contribution in [3.05, 3.63) is 46.8 Å². The number of aryl methyl sites for hydroxylation is 2. The molecule has 0 aromatic carbocycles. The highest BCUT2D eigenvalue weighted by molar-refractivity contribution is 5.44. The van der Waals surface area contributed by atoms with E-state index in [0.717, 1.165) is 48.7 Å². The Kier molecular flexibility index (Phi) is 4.28. The van der Waals surface area contributed by atoms with E-state index in [0.29, 0.717) is 12.4 Å². The van der Waals surface area contributed by atoms with Gasteiger partial charge in [-0.2, -0.15) is 14.6 Å². The summed E-state index contributed by atoms with van der Waals surface area (Å²) in [6, 6.07) is 4.05. The van der Waals surface area contributed by atoms with Crippen LogP contribution < -0.4 is 22.1 Å². The first-order valence-corrected chi connectivity index (χ1v) is 10.0. The summed E-state index contributed by atoms with van der Waals surface area (Å²) in [5.41, 5.74) is 10.4. The molecule has 0 amide bonds. The molecule has 5 heterocycles. The van der Waals surface area contributed by atoms with Crippen LogP contribution in [0.1, 0.15) is 42.0 Å². The maximum atomic E-state index is 8.17. The highest BCUT2D eigenvalue weighted by atomic mass is 16.5. The van der Waals surface area contributed by atoms with Gasteiger partial charge in [-0.15, -0.1) is 0 Å². The molecule has 2 aliphatic heterocycles. The summed E-state index contributed by atoms with van der Waals surface area (Å²) in [7, 11) is 0. The quantitative estimate of drug-likeness (QED) is 0.489. The Morgan fingerprint density at radius 3 is 2.97 bits per heavy atom. The topological polar surface area (TPSA) is 147 Å². The van der Waals surface area contributed by atoms with Gasteiger partial charge < -0.3 is 20.0 Å². The molecule has 0 saturated carbocycles. The second-order valence-electron chi connectivity index (χ2n) is 7.96. The lowest BCUT2D eigenvalue weighted by Crippen LogP contribution is -2.47. The van der Waals surface area contributed by atoms with Gasteiger partial charge >= 0.3 is 0 Å². The lowest BCUT2D eigenvalue weighted by Gasteiger charge is -2.34. The van der Waals surface area contributed by atoms with E-state index in [1.165, 1.54) is 4.68 Å². The molecular weight excluding hydrogens is 386 g/mol. The fraction of sp³-hybridized carbons (Fsp3) is 0.474. The molecule has 11 nitrogen and oxygen atoms in total. The Labute approximate surface area is 172 Å². The smallest absolute Gasteiger partial charge is 0.247 e. The molecule has 3 aromatic heterocycles. The molecule has 1 saturated heterocycles. The number of fused-ring (bicyclic) bond motifs is 1. The van der Waals surface area contributed by atoms with Crippen LogP contribution in [0, 0.1) is 19.3 Å². The van der Waals surface area contributed by atoms with Crippen molar-refractivity contribution in [2.45, 2.75) is 51.4 Å². The zero-order chi connectivity index (χ0) is 20.9. The third-order valence-corrected chi connectivity index (χ3v) is 6.02. The molecule has 1 fully saturated rings. The largest absolute Gasteiger partial charge is 0.465 e. The zero-order valence-electron chi connectivity index (χ0n) is 17.0. The van der Waals surface area contributed by atoms with Crippen LogP contribution in [-0.4, -0.2) is 37.3 Å². The molecule has 11 heteroatoms. The van der Waals surface area contributed by atoms with Gasteiger partial charge in [0.15, 0.2) is 11.4 Å². The van der Waals surface area contributed by atoms with Crippen LogP contribution in [0.2, 0.25) is 0 Å². The van der Waals surface area contributed by atoms with E-state index in [4.69, 9.17) is 20.1 Å². The van der Waals surface area contributed by atoms with E-state index in [9.17, 15) is 0 Å². The summed E-state index contributed by atoms with van der Waals surface area (Å²) in [6.45, 7) is 5.72. The molecule has 0 spiro atoms. The highest BCUT2D eigenvalue weighted by Crippen LogP contribution is 2.37. The minimum atomic E-state index is -0.763. The first-order chi connectivity index (χ1) is 14.4. The van der Waals surface area contributed by atoms with Crippen molar-refractivity contribution >= 4 is 11.9 Å². The fourth-order valence-electron chi connectivity index (χ4n) is 4.50. The van der Waals surface area contributed by atoms with Gasteiger partial charge in [-0.25, -0.2) is 0 Å². The lowest BCUT2D eigenvalue weighted by molar-refractivity contribution is 0.199. The third kappa shape index (κ3) is 3.02. The molecule has 0 radical (unpaired) electrons. The predicted octanol–water partition coefficient (Wildman–Crippen LogP) is 1.41. The summed E-state index contributed by atoms with van der Waals surface area (Å²) < 4.78 is 12.6. The average Bonchev–Trinajstić information content (AvgIpc) is 3.47. The number of aromatic nitrogens is 4. The summed E-state index contributed by atoms with van der Waals surface area (Å²) in [5.74, 6) is 2.08. The normalized spacial score (nSPS) is 23.3. The second-order valence-corrected chi connectivity index (χ2v) is 7.96. The van der Waals surface area contributed by atoms with Crippen molar-refractivity contribution in [1.29, 1.82) is 5.41 Å². The zero-order valence-corrected chi connectivity index (χ0v) is 17.0. The Bertz CT molecular complexity index is 1100. The number of nitrogen functional groups attached to an aromatic ring is 1. The Hall–Kier alpha value is -3.34. The molecular formula is C19H25N9O2. The van der Waals surface area contributed by atoms with Crippen molar-refractivity contribution in [2.24, 2.45) is 0 Å². The van der Waals surface area contributed by atoms with E-state index < -0.39 is 5.66 Å². The molecule has 158 valence electrons. The Morgan fingerprint density at radius 2 is 2.23 bits per heavy atom. The fourth-order valence-corrected chi connectivity index (χ4v) is 4.50. The molecule has 5 N–H and O–H groups in total. The van der Waals surface area contributed by atoms with E-state index in [1.54, 1.807) is 6.26 Å². The van der Waals surface area contributed by atoms with E-state index in [-0.39, 0.29) is 17.6 Å². The number of likely N-dealkylation sites (tertiary alicyclic amines) is 1. The van der Waals surface area contributed by atoms with Gasteiger partial charge in [0.25, 0.3) is 0 Å². The van der Waals surface area contributed by atoms with Gasteiger partial charge in [-0.05, 0) is 45.4 Å². The molecule has 3 aromatic rings. The molecule has 2 atom stereocenters. The lowest BCUT2D eigenvalue weighted by atomic mass is 9.96. The Morgan fingerprint density at radius 1 is 1.37 bits per heavy atom. The van der Waals surface area contributed by atoms with Crippen LogP contribution in [0.5, 0.6) is 0 Å². The number of nitrogens with two attached hydrogens (primary N) is 1. The van der Waals surface area contributed by atoms with Gasteiger partial charge in [-0.1, -0.05) is 5.16 Å². The number of hydrogen-bond donors (Lipinski definition) is 4. The number of nitrogens with one attached hydrogen (secondary N) is 3. The van der Waals surface area contributed by atoms with Crippen LogP contribution in [0.25, 0.3) is 0 Å². The van der Waals surface area contributed by atoms with E-state index >= 15 is 0 Å². The molecule has 5 rings (SSSR count). The van der Waals surface area contributed by atoms with Crippen molar-refractivity contribution < 1.29 is 8.94 Å². The first-order valence-electron chi connectivity index (χ1n) is 10.0. The van der Waals surface area contributed by atoms with Crippen LogP contribution in [0.3, 0.4) is 0 Å². The molecule has 2 aliphatic rings. The van der Waals surface area contributed by atoms with Crippen LogP contribution in [-0.2, 0) is 12.2 Å². The van der Waals surface area contributed by atoms with Crippen LogP contribution >= 0.6 is 0 Å². The maximum absolute atomic E-state index is 8.17. The molecule has 30 heavy (non-hydrogen) atoms. The third-order valence-electron chi connectivity index (χ3n) is 6.02. The van der Waals surface area contributed by atoms with Crippen molar-refractivity contribution in [3.63, 3.8) is 0 Å². The van der Waals surface area contributed by atoms with Gasteiger partial charge in [-0.3, -0.25) is 15.7 Å². The number of furan rings is 1. The SMILES string of the molecule is Cc1noc(C)c1CN1CCCC1CC1(c2ccco2)Nc2nc(N)nc(=N)n2N1. The minimum absolute atomic E-state index is 0.0163. The monoisotopic (exact) mass is 411 g/mol. The van der Waals surface area contributed by atoms with Crippen molar-refractivity contribution in [3.8, 4) is 0 Å². The minimum Gasteiger partial charge on any atom is -0.465 e. The Balaban J connectivity index is 1.45. The van der Waals surface area contributed by atoms with Gasteiger partial charge in [0.1, 0.15) is 5.76 Å². The number of rotatable bonds is 5. The van der Waals surface area contributed by atoms with Crippen LogP contribution in [0.15, 0.2) is 27.3 Å². The summed E-state index contributed by atoms with van der Waals surface area (Å²) >= 11 is 0. The summed E-state index contributed by atoms with van der Waals surface area (Å²) in [4.78, 5) is 10.7. The first kappa shape index (κ1) is 18.7. The molecule has 0 aliphatic carbocycles. The summed E-state index contributed by atoms with van der Waals surface area (Å²) in [6.07, 6.45) is 4.51.